The summed E-state index contributed by atoms with van der Waals surface area (Å²) < 4.78 is 39.2. The van der Waals surface area contributed by atoms with Crippen LogP contribution in [0.3, 0.4) is 0 Å². The van der Waals surface area contributed by atoms with Crippen LogP contribution in [-0.4, -0.2) is 53.1 Å². The maximum absolute atomic E-state index is 13.1. The number of pyridine rings is 1. The lowest BCUT2D eigenvalue weighted by Gasteiger charge is -2.31. The molecule has 2 aromatic rings. The minimum Gasteiger partial charge on any atom is -0.503 e. The maximum atomic E-state index is 13.1. The summed E-state index contributed by atoms with van der Waals surface area (Å²) in [4.78, 5) is 27.0. The fourth-order valence-corrected chi connectivity index (χ4v) is 3.98. The number of sulfonamides is 1. The number of hydrogen-bond donors (Lipinski definition) is 1. The van der Waals surface area contributed by atoms with Gasteiger partial charge in [0.1, 0.15) is 5.82 Å². The molecule has 1 aliphatic rings. The lowest BCUT2D eigenvalue weighted by molar-refractivity contribution is 0.0682. The second kappa shape index (κ2) is 7.60. The van der Waals surface area contributed by atoms with Gasteiger partial charge < -0.3 is 14.6 Å². The number of benzene rings is 1. The topological polar surface area (TPSA) is 99.9 Å². The zero-order valence-electron chi connectivity index (χ0n) is 16.3. The Kier molecular flexibility index (Phi) is 5.50. The molecule has 1 aromatic carbocycles. The van der Waals surface area contributed by atoms with E-state index < -0.39 is 33.2 Å². The van der Waals surface area contributed by atoms with E-state index in [-0.39, 0.29) is 23.6 Å². The summed E-state index contributed by atoms with van der Waals surface area (Å²) in [7, 11) is -2.21. The predicted molar refractivity (Wildman–Crippen MR) is 105 cm³/mol. The van der Waals surface area contributed by atoms with E-state index in [9.17, 15) is 27.5 Å². The van der Waals surface area contributed by atoms with Gasteiger partial charge in [-0.1, -0.05) is 12.1 Å². The second-order valence-electron chi connectivity index (χ2n) is 7.11. The van der Waals surface area contributed by atoms with E-state index in [1.165, 1.54) is 41.8 Å². The predicted octanol–water partition coefficient (Wildman–Crippen LogP) is 1.30. The SMILES string of the molecule is CC(c1cn2c(c(O)c1=O)C(=O)N(Cc1ccc(F)cc1)CC2)N(C)S(C)(=O)=O. The molecular formula is C19H22FN3O5S. The van der Waals surface area contributed by atoms with Gasteiger partial charge in [0.15, 0.2) is 11.4 Å². The molecule has 8 nitrogen and oxygen atoms in total. The van der Waals surface area contributed by atoms with Crippen LogP contribution in [0.25, 0.3) is 0 Å². The molecule has 2 heterocycles. The fraction of sp³-hybridized carbons (Fsp3) is 0.368. The molecule has 1 atom stereocenters. The first-order valence-electron chi connectivity index (χ1n) is 8.93. The van der Waals surface area contributed by atoms with Crippen LogP contribution in [0.5, 0.6) is 5.75 Å². The van der Waals surface area contributed by atoms with Crippen molar-refractivity contribution in [3.05, 3.63) is 63.3 Å². The molecular weight excluding hydrogens is 401 g/mol. The van der Waals surface area contributed by atoms with Gasteiger partial charge in [-0.2, -0.15) is 4.31 Å². The number of rotatable bonds is 5. The van der Waals surface area contributed by atoms with E-state index in [1.807, 2.05) is 0 Å². The number of carbonyl (C=O) groups is 1. The van der Waals surface area contributed by atoms with Crippen molar-refractivity contribution in [3.63, 3.8) is 0 Å². The molecule has 1 aliphatic heterocycles. The van der Waals surface area contributed by atoms with Gasteiger partial charge in [-0.05, 0) is 24.6 Å². The molecule has 1 amide bonds. The third-order valence-electron chi connectivity index (χ3n) is 5.19. The average Bonchev–Trinajstić information content (AvgIpc) is 2.66. The number of carbonyl (C=O) groups excluding carboxylic acids is 1. The van der Waals surface area contributed by atoms with Crippen molar-refractivity contribution in [2.75, 3.05) is 19.8 Å². The summed E-state index contributed by atoms with van der Waals surface area (Å²) in [5, 5.41) is 10.4. The van der Waals surface area contributed by atoms with Gasteiger partial charge in [-0.3, -0.25) is 9.59 Å². The largest absolute Gasteiger partial charge is 0.503 e. The number of aromatic nitrogens is 1. The van der Waals surface area contributed by atoms with E-state index >= 15 is 0 Å². The van der Waals surface area contributed by atoms with Crippen LogP contribution in [-0.2, 0) is 23.1 Å². The van der Waals surface area contributed by atoms with Gasteiger partial charge in [0.05, 0.1) is 12.3 Å². The Labute approximate surface area is 167 Å². The highest BCUT2D eigenvalue weighted by Gasteiger charge is 2.32. The molecule has 0 spiro atoms. The zero-order valence-corrected chi connectivity index (χ0v) is 17.1. The van der Waals surface area contributed by atoms with Crippen molar-refractivity contribution in [2.24, 2.45) is 0 Å². The molecule has 3 rings (SSSR count). The summed E-state index contributed by atoms with van der Waals surface area (Å²) in [5.74, 6) is -1.61. The Balaban J connectivity index is 1.95. The Morgan fingerprint density at radius 2 is 1.83 bits per heavy atom. The van der Waals surface area contributed by atoms with Gasteiger partial charge in [0.2, 0.25) is 15.5 Å². The molecule has 0 aliphatic carbocycles. The Bertz CT molecular complexity index is 1110. The molecule has 0 fully saturated rings. The Morgan fingerprint density at radius 1 is 1.21 bits per heavy atom. The summed E-state index contributed by atoms with van der Waals surface area (Å²) >= 11 is 0. The average molecular weight is 423 g/mol. The monoisotopic (exact) mass is 423 g/mol. The fourth-order valence-electron chi connectivity index (χ4n) is 3.29. The van der Waals surface area contributed by atoms with Crippen molar-refractivity contribution in [3.8, 4) is 5.75 Å². The summed E-state index contributed by atoms with van der Waals surface area (Å²) in [6.45, 7) is 2.39. The number of halogens is 1. The van der Waals surface area contributed by atoms with Gasteiger partial charge in [-0.25, -0.2) is 12.8 Å². The van der Waals surface area contributed by atoms with Crippen LogP contribution in [0.2, 0.25) is 0 Å². The van der Waals surface area contributed by atoms with Crippen LogP contribution in [0.1, 0.15) is 34.6 Å². The van der Waals surface area contributed by atoms with E-state index in [2.05, 4.69) is 0 Å². The Morgan fingerprint density at radius 3 is 2.41 bits per heavy atom. The second-order valence-corrected chi connectivity index (χ2v) is 9.15. The minimum absolute atomic E-state index is 0.0824. The Hall–Kier alpha value is -2.72. The molecule has 10 heteroatoms. The van der Waals surface area contributed by atoms with Crippen molar-refractivity contribution in [1.82, 2.24) is 13.8 Å². The summed E-state index contributed by atoms with van der Waals surface area (Å²) in [5.41, 5.74) is -0.119. The van der Waals surface area contributed by atoms with E-state index in [1.54, 1.807) is 12.1 Å². The highest BCUT2D eigenvalue weighted by molar-refractivity contribution is 7.88. The van der Waals surface area contributed by atoms with E-state index in [0.29, 0.717) is 13.1 Å². The molecule has 1 aromatic heterocycles. The quantitative estimate of drug-likeness (QED) is 0.782. The molecule has 0 saturated heterocycles. The van der Waals surface area contributed by atoms with Gasteiger partial charge >= 0.3 is 0 Å². The third-order valence-corrected chi connectivity index (χ3v) is 6.55. The van der Waals surface area contributed by atoms with Crippen molar-refractivity contribution in [2.45, 2.75) is 26.1 Å². The van der Waals surface area contributed by atoms with Crippen LogP contribution < -0.4 is 5.43 Å². The lowest BCUT2D eigenvalue weighted by Crippen LogP contribution is -2.42. The molecule has 156 valence electrons. The van der Waals surface area contributed by atoms with Crippen molar-refractivity contribution >= 4 is 15.9 Å². The lowest BCUT2D eigenvalue weighted by atomic mass is 10.1. The van der Waals surface area contributed by atoms with Gasteiger partial charge in [0.25, 0.3) is 5.91 Å². The molecule has 29 heavy (non-hydrogen) atoms. The normalized spacial score (nSPS) is 15.5. The van der Waals surface area contributed by atoms with Crippen molar-refractivity contribution in [1.29, 1.82) is 0 Å². The first kappa shape index (κ1) is 21.0. The molecule has 0 saturated carbocycles. The molecule has 0 bridgehead atoms. The highest BCUT2D eigenvalue weighted by Crippen LogP contribution is 2.26. The van der Waals surface area contributed by atoms with Gasteiger partial charge in [0, 0.05) is 38.4 Å². The van der Waals surface area contributed by atoms with E-state index in [0.717, 1.165) is 16.1 Å². The number of nitrogens with zero attached hydrogens (tertiary/aromatic N) is 3. The van der Waals surface area contributed by atoms with Gasteiger partial charge in [-0.15, -0.1) is 0 Å². The van der Waals surface area contributed by atoms with Crippen LogP contribution >= 0.6 is 0 Å². The maximum Gasteiger partial charge on any atom is 0.274 e. The number of amides is 1. The highest BCUT2D eigenvalue weighted by atomic mass is 32.2. The first-order chi connectivity index (χ1) is 13.5. The minimum atomic E-state index is -3.56. The summed E-state index contributed by atoms with van der Waals surface area (Å²) in [6, 6.07) is 4.91. The molecule has 0 radical (unpaired) electrons. The zero-order chi connectivity index (χ0) is 21.5. The number of aromatic hydroxyl groups is 1. The third kappa shape index (κ3) is 4.03. The van der Waals surface area contributed by atoms with Crippen LogP contribution in [0.4, 0.5) is 4.39 Å². The summed E-state index contributed by atoms with van der Waals surface area (Å²) in [6.07, 6.45) is 2.45. The van der Waals surface area contributed by atoms with Crippen molar-refractivity contribution < 1.29 is 22.7 Å². The van der Waals surface area contributed by atoms with E-state index in [4.69, 9.17) is 0 Å². The molecule has 1 N–H and O–H groups in total. The van der Waals surface area contributed by atoms with Crippen LogP contribution in [0, 0.1) is 5.82 Å². The smallest absolute Gasteiger partial charge is 0.274 e. The standard InChI is InChI=1S/C19H22FN3O5S/c1-12(21(2)29(3,27)28)15-11-22-8-9-23(10-13-4-6-14(20)7-5-13)19(26)16(22)18(25)17(15)24/h4-7,11-12,25H,8-10H2,1-3H3. The number of fused-ring (bicyclic) bond motifs is 1. The van der Waals surface area contributed by atoms with Crippen LogP contribution in [0.15, 0.2) is 35.3 Å². The number of hydrogen-bond acceptors (Lipinski definition) is 5. The first-order valence-corrected chi connectivity index (χ1v) is 10.8. The molecule has 1 unspecified atom stereocenters.